The number of hydrogen-bond acceptors (Lipinski definition) is 3. The summed E-state index contributed by atoms with van der Waals surface area (Å²) >= 11 is 0. The summed E-state index contributed by atoms with van der Waals surface area (Å²) in [5.41, 5.74) is 13.5. The van der Waals surface area contributed by atoms with Crippen molar-refractivity contribution in [1.29, 1.82) is 0 Å². The fourth-order valence-electron chi connectivity index (χ4n) is 1.99. The molecule has 1 aromatic carbocycles. The molecule has 116 valence electrons. The summed E-state index contributed by atoms with van der Waals surface area (Å²) in [4.78, 5) is 16.1. The smallest absolute Gasteiger partial charge is 0.237 e. The summed E-state index contributed by atoms with van der Waals surface area (Å²) in [6, 6.07) is 7.48. The Bertz CT molecular complexity index is 493. The average molecular weight is 290 g/mol. The maximum absolute atomic E-state index is 11.9. The van der Waals surface area contributed by atoms with Crippen LogP contribution in [-0.4, -0.2) is 17.8 Å². The van der Waals surface area contributed by atoms with Crippen LogP contribution in [0, 0.1) is 5.92 Å². The van der Waals surface area contributed by atoms with Gasteiger partial charge in [-0.15, -0.1) is 0 Å². The van der Waals surface area contributed by atoms with Crippen LogP contribution in [0.4, 0.5) is 0 Å². The summed E-state index contributed by atoms with van der Waals surface area (Å²) in [7, 11) is 0. The first-order valence-corrected chi connectivity index (χ1v) is 7.26. The molecular weight excluding hydrogens is 264 g/mol. The van der Waals surface area contributed by atoms with Gasteiger partial charge in [0.25, 0.3) is 0 Å². The highest BCUT2D eigenvalue weighted by atomic mass is 16.2. The predicted molar refractivity (Wildman–Crippen MR) is 86.7 cm³/mol. The summed E-state index contributed by atoms with van der Waals surface area (Å²) in [5, 5.41) is 2.87. The molecule has 0 bridgehead atoms. The Morgan fingerprint density at radius 2 is 2.00 bits per heavy atom. The van der Waals surface area contributed by atoms with E-state index in [1.807, 2.05) is 24.3 Å². The molecule has 0 aliphatic rings. The van der Waals surface area contributed by atoms with E-state index >= 15 is 0 Å². The largest absolute Gasteiger partial charge is 0.388 e. The number of amides is 1. The molecule has 0 aromatic heterocycles. The van der Waals surface area contributed by atoms with E-state index in [0.717, 1.165) is 11.1 Å². The van der Waals surface area contributed by atoms with Gasteiger partial charge in [0.15, 0.2) is 0 Å². The normalized spacial score (nSPS) is 13.3. The first kappa shape index (κ1) is 17.2. The van der Waals surface area contributed by atoms with Gasteiger partial charge in [0, 0.05) is 6.54 Å². The quantitative estimate of drug-likeness (QED) is 0.525. The molecule has 21 heavy (non-hydrogen) atoms. The number of rotatable bonds is 7. The van der Waals surface area contributed by atoms with Gasteiger partial charge in [-0.1, -0.05) is 38.1 Å². The lowest BCUT2D eigenvalue weighted by molar-refractivity contribution is -0.122. The number of aliphatic imine (C=N–C) groups is 1. The lowest BCUT2D eigenvalue weighted by Crippen LogP contribution is -2.41. The van der Waals surface area contributed by atoms with Crippen LogP contribution in [0.15, 0.2) is 29.3 Å². The molecule has 5 heteroatoms. The molecule has 0 aliphatic carbocycles. The molecule has 1 rings (SSSR count). The van der Waals surface area contributed by atoms with E-state index in [9.17, 15) is 4.79 Å². The summed E-state index contributed by atoms with van der Waals surface area (Å²) in [5.74, 6) is 0.865. The molecule has 0 unspecified atom stereocenters. The van der Waals surface area contributed by atoms with Crippen molar-refractivity contribution in [3.05, 3.63) is 35.4 Å². The van der Waals surface area contributed by atoms with E-state index in [2.05, 4.69) is 24.2 Å². The van der Waals surface area contributed by atoms with Gasteiger partial charge in [-0.05, 0) is 30.4 Å². The van der Waals surface area contributed by atoms with E-state index in [1.54, 1.807) is 6.92 Å². The summed E-state index contributed by atoms with van der Waals surface area (Å²) in [6.07, 6.45) is 0.691. The van der Waals surface area contributed by atoms with E-state index < -0.39 is 6.04 Å². The van der Waals surface area contributed by atoms with Crippen LogP contribution in [0.5, 0.6) is 0 Å². The molecule has 0 radical (unpaired) electrons. The van der Waals surface area contributed by atoms with Crippen molar-refractivity contribution in [3.8, 4) is 0 Å². The molecule has 0 saturated heterocycles. The summed E-state index contributed by atoms with van der Waals surface area (Å²) < 4.78 is 0. The number of nitrogens with two attached hydrogens (primary N) is 2. The van der Waals surface area contributed by atoms with Crippen LogP contribution >= 0.6 is 0 Å². The molecule has 0 saturated carbocycles. The van der Waals surface area contributed by atoms with Crippen molar-refractivity contribution in [2.45, 2.75) is 46.3 Å². The third-order valence-corrected chi connectivity index (χ3v) is 3.03. The van der Waals surface area contributed by atoms with Crippen molar-refractivity contribution in [2.24, 2.45) is 22.4 Å². The second kappa shape index (κ2) is 8.42. The fourth-order valence-corrected chi connectivity index (χ4v) is 1.99. The number of carbonyl (C=O) groups is 1. The third kappa shape index (κ3) is 6.90. The maximum atomic E-state index is 11.9. The van der Waals surface area contributed by atoms with Gasteiger partial charge in [-0.25, -0.2) is 0 Å². The van der Waals surface area contributed by atoms with Crippen LogP contribution in [0.1, 0.15) is 38.3 Å². The zero-order valence-electron chi connectivity index (χ0n) is 13.1. The Morgan fingerprint density at radius 3 is 2.62 bits per heavy atom. The second-order valence-corrected chi connectivity index (χ2v) is 5.73. The Balaban J connectivity index is 2.53. The molecule has 1 aromatic rings. The standard InChI is InChI=1S/C16H26N4O/c1-11(2)7-15(18)16(21)20-10-14-6-4-5-13(8-14)9-19-12(3)17/h4-6,8,11,15H,7,9-10,18H2,1-3H3,(H2,17,19)(H,20,21)/t15-/m0/s1. The van der Waals surface area contributed by atoms with Gasteiger partial charge in [0.2, 0.25) is 5.91 Å². The third-order valence-electron chi connectivity index (χ3n) is 3.03. The van der Waals surface area contributed by atoms with Crippen LogP contribution in [0.2, 0.25) is 0 Å². The van der Waals surface area contributed by atoms with Crippen LogP contribution in [0.25, 0.3) is 0 Å². The first-order chi connectivity index (χ1) is 9.88. The van der Waals surface area contributed by atoms with Gasteiger partial charge >= 0.3 is 0 Å². The highest BCUT2D eigenvalue weighted by Gasteiger charge is 2.14. The van der Waals surface area contributed by atoms with Crippen molar-refractivity contribution >= 4 is 11.7 Å². The van der Waals surface area contributed by atoms with Crippen molar-refractivity contribution < 1.29 is 4.79 Å². The van der Waals surface area contributed by atoms with Crippen molar-refractivity contribution in [2.75, 3.05) is 0 Å². The molecule has 1 amide bonds. The molecule has 0 fully saturated rings. The Kier molecular flexibility index (Phi) is 6.88. The van der Waals surface area contributed by atoms with E-state index in [-0.39, 0.29) is 5.91 Å². The zero-order valence-corrected chi connectivity index (χ0v) is 13.1. The number of hydrogen-bond donors (Lipinski definition) is 3. The maximum Gasteiger partial charge on any atom is 0.237 e. The Labute approximate surface area is 126 Å². The lowest BCUT2D eigenvalue weighted by Gasteiger charge is -2.14. The van der Waals surface area contributed by atoms with Crippen LogP contribution in [-0.2, 0) is 17.9 Å². The molecule has 0 spiro atoms. The number of amidine groups is 1. The SMILES string of the molecule is CC(N)=NCc1cccc(CNC(=O)[C@@H](N)CC(C)C)c1. The van der Waals surface area contributed by atoms with Crippen molar-refractivity contribution in [3.63, 3.8) is 0 Å². The zero-order chi connectivity index (χ0) is 15.8. The number of nitrogens with zero attached hydrogens (tertiary/aromatic N) is 1. The molecule has 5 nitrogen and oxygen atoms in total. The monoisotopic (exact) mass is 290 g/mol. The number of benzene rings is 1. The lowest BCUT2D eigenvalue weighted by atomic mass is 10.0. The molecular formula is C16H26N4O. The molecule has 1 atom stereocenters. The fraction of sp³-hybridized carbons (Fsp3) is 0.500. The number of carbonyl (C=O) groups excluding carboxylic acids is 1. The van der Waals surface area contributed by atoms with E-state index in [1.165, 1.54) is 0 Å². The minimum absolute atomic E-state index is 0.107. The van der Waals surface area contributed by atoms with Crippen LogP contribution in [0.3, 0.4) is 0 Å². The minimum Gasteiger partial charge on any atom is -0.388 e. The predicted octanol–water partition coefficient (Wildman–Crippen LogP) is 1.55. The highest BCUT2D eigenvalue weighted by molar-refractivity contribution is 5.81. The average Bonchev–Trinajstić information content (AvgIpc) is 2.42. The van der Waals surface area contributed by atoms with E-state index in [4.69, 9.17) is 11.5 Å². The Hall–Kier alpha value is -1.88. The topological polar surface area (TPSA) is 93.5 Å². The second-order valence-electron chi connectivity index (χ2n) is 5.73. The van der Waals surface area contributed by atoms with Crippen molar-refractivity contribution in [1.82, 2.24) is 5.32 Å². The highest BCUT2D eigenvalue weighted by Crippen LogP contribution is 2.07. The van der Waals surface area contributed by atoms with Gasteiger partial charge in [0.1, 0.15) is 0 Å². The van der Waals surface area contributed by atoms with Gasteiger partial charge in [-0.3, -0.25) is 9.79 Å². The van der Waals surface area contributed by atoms with Gasteiger partial charge in [0.05, 0.1) is 18.4 Å². The first-order valence-electron chi connectivity index (χ1n) is 7.26. The van der Waals surface area contributed by atoms with Crippen LogP contribution < -0.4 is 16.8 Å². The molecule has 5 N–H and O–H groups in total. The van der Waals surface area contributed by atoms with Gasteiger partial charge < -0.3 is 16.8 Å². The van der Waals surface area contributed by atoms with Gasteiger partial charge in [-0.2, -0.15) is 0 Å². The Morgan fingerprint density at radius 1 is 1.33 bits per heavy atom. The summed E-state index contributed by atoms with van der Waals surface area (Å²) in [6.45, 7) is 6.90. The molecule has 0 aliphatic heterocycles. The van der Waals surface area contributed by atoms with E-state index in [0.29, 0.717) is 31.3 Å². The molecule has 0 heterocycles. The minimum atomic E-state index is -0.447. The number of nitrogens with one attached hydrogen (secondary N) is 1.